The average molecular weight is 455 g/mol. The van der Waals surface area contributed by atoms with Crippen molar-refractivity contribution in [2.75, 3.05) is 44.6 Å². The van der Waals surface area contributed by atoms with E-state index in [4.69, 9.17) is 0 Å². The van der Waals surface area contributed by atoms with Crippen LogP contribution in [0.15, 0.2) is 29.2 Å². The van der Waals surface area contributed by atoms with Crippen LogP contribution in [0.25, 0.3) is 0 Å². The Hall–Kier alpha value is -0.940. The Bertz CT molecular complexity index is 757. The Morgan fingerprint density at radius 3 is 2.50 bits per heavy atom. The van der Waals surface area contributed by atoms with Crippen molar-refractivity contribution in [1.82, 2.24) is 14.5 Å². The van der Waals surface area contributed by atoms with Gasteiger partial charge in [-0.05, 0) is 31.2 Å². The van der Waals surface area contributed by atoms with E-state index in [-0.39, 0.29) is 35.6 Å². The van der Waals surface area contributed by atoms with Crippen molar-refractivity contribution in [2.24, 2.45) is 0 Å². The Morgan fingerprint density at radius 2 is 1.93 bits per heavy atom. The minimum Gasteiger partial charge on any atom is -0.392 e. The molecule has 2 heterocycles. The molecular formula is C17H28Cl2N4O4S. The Balaban J connectivity index is 0.00000196. The fraction of sp³-hybridized carbons (Fsp3) is 0.588. The third kappa shape index (κ3) is 5.79. The predicted molar refractivity (Wildman–Crippen MR) is 113 cm³/mol. The highest BCUT2D eigenvalue weighted by molar-refractivity contribution is 7.89. The van der Waals surface area contributed by atoms with Crippen LogP contribution < -0.4 is 10.6 Å². The molecule has 3 N–H and O–H groups in total. The predicted octanol–water partition coefficient (Wildman–Crippen LogP) is 0.518. The number of hydrogen-bond acceptors (Lipinski definition) is 6. The van der Waals surface area contributed by atoms with E-state index in [1.165, 1.54) is 10.4 Å². The van der Waals surface area contributed by atoms with Crippen molar-refractivity contribution in [3.05, 3.63) is 24.3 Å². The number of nitrogens with one attached hydrogen (secondary N) is 2. The Morgan fingerprint density at radius 1 is 1.25 bits per heavy atom. The van der Waals surface area contributed by atoms with Gasteiger partial charge in [-0.15, -0.1) is 24.8 Å². The zero-order valence-electron chi connectivity index (χ0n) is 15.7. The second kappa shape index (κ2) is 10.7. The fourth-order valence-electron chi connectivity index (χ4n) is 3.32. The summed E-state index contributed by atoms with van der Waals surface area (Å²) >= 11 is 0. The van der Waals surface area contributed by atoms with Gasteiger partial charge in [0, 0.05) is 38.4 Å². The minimum absolute atomic E-state index is 0. The number of aliphatic hydroxyl groups excluding tert-OH is 1. The smallest absolute Gasteiger partial charge is 0.243 e. The van der Waals surface area contributed by atoms with Gasteiger partial charge in [-0.1, -0.05) is 13.0 Å². The lowest BCUT2D eigenvalue weighted by molar-refractivity contribution is -0.117. The third-order valence-electron chi connectivity index (χ3n) is 4.94. The number of sulfonamides is 1. The van der Waals surface area contributed by atoms with E-state index in [0.29, 0.717) is 31.7 Å². The number of carbonyl (C=O) groups excluding carboxylic acids is 1. The van der Waals surface area contributed by atoms with Crippen LogP contribution in [0.2, 0.25) is 0 Å². The molecule has 1 amide bonds. The van der Waals surface area contributed by atoms with Gasteiger partial charge < -0.3 is 20.6 Å². The second-order valence-corrected chi connectivity index (χ2v) is 8.64. The first kappa shape index (κ1) is 25.1. The Labute approximate surface area is 178 Å². The van der Waals surface area contributed by atoms with Gasteiger partial charge in [0.1, 0.15) is 0 Å². The van der Waals surface area contributed by atoms with E-state index in [9.17, 15) is 18.3 Å². The highest BCUT2D eigenvalue weighted by atomic mass is 35.5. The summed E-state index contributed by atoms with van der Waals surface area (Å²) in [5.74, 6) is -0.271. The van der Waals surface area contributed by atoms with Gasteiger partial charge in [0.2, 0.25) is 15.9 Å². The lowest BCUT2D eigenvalue weighted by atomic mass is 10.2. The molecule has 2 saturated heterocycles. The maximum atomic E-state index is 12.9. The molecule has 0 spiro atoms. The van der Waals surface area contributed by atoms with Crippen molar-refractivity contribution >= 4 is 46.4 Å². The van der Waals surface area contributed by atoms with Crippen molar-refractivity contribution in [2.45, 2.75) is 30.4 Å². The SMILES string of the molecule is CCN1CCN(S(=O)(=O)c2cccc(NC(=O)C3CC(O)CN3)c2)CC1.Cl.Cl. The number of rotatable bonds is 5. The van der Waals surface area contributed by atoms with Crippen LogP contribution >= 0.6 is 24.8 Å². The number of anilines is 1. The van der Waals surface area contributed by atoms with E-state index < -0.39 is 22.2 Å². The summed E-state index contributed by atoms with van der Waals surface area (Å²) in [6.07, 6.45) is -0.176. The number of nitrogens with zero attached hydrogens (tertiary/aromatic N) is 2. The molecule has 0 radical (unpaired) electrons. The number of benzene rings is 1. The van der Waals surface area contributed by atoms with Crippen LogP contribution in [-0.2, 0) is 14.8 Å². The van der Waals surface area contributed by atoms with Gasteiger partial charge in [-0.3, -0.25) is 4.79 Å². The van der Waals surface area contributed by atoms with Gasteiger partial charge in [0.25, 0.3) is 0 Å². The summed E-state index contributed by atoms with van der Waals surface area (Å²) < 4.78 is 27.2. The van der Waals surface area contributed by atoms with Crippen LogP contribution in [0.4, 0.5) is 5.69 Å². The molecule has 2 unspecified atom stereocenters. The maximum absolute atomic E-state index is 12.9. The summed E-state index contributed by atoms with van der Waals surface area (Å²) in [6.45, 7) is 5.75. The van der Waals surface area contributed by atoms with Crippen molar-refractivity contribution < 1.29 is 18.3 Å². The zero-order valence-corrected chi connectivity index (χ0v) is 18.2. The lowest BCUT2D eigenvalue weighted by Crippen LogP contribution is -2.48. The Kier molecular flexibility index (Phi) is 9.61. The summed E-state index contributed by atoms with van der Waals surface area (Å²) in [6, 6.07) is 5.87. The number of hydrogen-bond donors (Lipinski definition) is 3. The van der Waals surface area contributed by atoms with E-state index in [0.717, 1.165) is 19.6 Å². The molecule has 1 aromatic rings. The number of β-amino-alcohol motifs (C(OH)–C–C–N with tert-alkyl or cyclic N) is 1. The van der Waals surface area contributed by atoms with E-state index in [2.05, 4.69) is 22.5 Å². The molecule has 0 saturated carbocycles. The van der Waals surface area contributed by atoms with Gasteiger partial charge in [0.05, 0.1) is 17.0 Å². The summed E-state index contributed by atoms with van der Waals surface area (Å²) in [5.41, 5.74) is 0.437. The van der Waals surface area contributed by atoms with Crippen LogP contribution in [0.1, 0.15) is 13.3 Å². The highest BCUT2D eigenvalue weighted by Gasteiger charge is 2.30. The average Bonchev–Trinajstić information content (AvgIpc) is 3.08. The molecule has 2 atom stereocenters. The molecule has 2 aliphatic heterocycles. The monoisotopic (exact) mass is 454 g/mol. The molecule has 3 rings (SSSR count). The van der Waals surface area contributed by atoms with Gasteiger partial charge in [0.15, 0.2) is 0 Å². The first-order valence-electron chi connectivity index (χ1n) is 8.95. The largest absolute Gasteiger partial charge is 0.392 e. The molecule has 11 heteroatoms. The molecule has 2 fully saturated rings. The van der Waals surface area contributed by atoms with Crippen molar-refractivity contribution in [3.8, 4) is 0 Å². The third-order valence-corrected chi connectivity index (χ3v) is 6.84. The van der Waals surface area contributed by atoms with Crippen LogP contribution in [0.5, 0.6) is 0 Å². The van der Waals surface area contributed by atoms with Crippen molar-refractivity contribution in [3.63, 3.8) is 0 Å². The van der Waals surface area contributed by atoms with Crippen LogP contribution in [-0.4, -0.2) is 80.1 Å². The van der Waals surface area contributed by atoms with Crippen molar-refractivity contribution in [1.29, 1.82) is 0 Å². The molecule has 0 aromatic heterocycles. The van der Waals surface area contributed by atoms with E-state index >= 15 is 0 Å². The summed E-state index contributed by atoms with van der Waals surface area (Å²) in [5, 5.41) is 15.2. The fourth-order valence-corrected chi connectivity index (χ4v) is 4.78. The summed E-state index contributed by atoms with van der Waals surface area (Å²) in [7, 11) is -3.58. The number of piperazine rings is 1. The highest BCUT2D eigenvalue weighted by Crippen LogP contribution is 2.21. The summed E-state index contributed by atoms with van der Waals surface area (Å²) in [4.78, 5) is 14.6. The number of carbonyl (C=O) groups is 1. The first-order valence-corrected chi connectivity index (χ1v) is 10.4. The molecule has 28 heavy (non-hydrogen) atoms. The van der Waals surface area contributed by atoms with Gasteiger partial charge >= 0.3 is 0 Å². The number of amides is 1. The van der Waals surface area contributed by atoms with E-state index in [1.54, 1.807) is 18.2 Å². The molecule has 0 bridgehead atoms. The molecule has 0 aliphatic carbocycles. The standard InChI is InChI=1S/C17H26N4O4S.2ClH/c1-2-20-6-8-21(9-7-20)26(24,25)15-5-3-4-13(10-15)19-17(23)16-11-14(22)12-18-16;;/h3-5,10,14,16,18,22H,2,6-9,11-12H2,1H3,(H,19,23);2*1H. The minimum atomic E-state index is -3.58. The molecular weight excluding hydrogens is 427 g/mol. The molecule has 1 aromatic carbocycles. The van der Waals surface area contributed by atoms with Crippen LogP contribution in [0, 0.1) is 0 Å². The molecule has 2 aliphatic rings. The van der Waals surface area contributed by atoms with Gasteiger partial charge in [-0.25, -0.2) is 8.42 Å². The molecule has 8 nitrogen and oxygen atoms in total. The van der Waals surface area contributed by atoms with E-state index in [1.807, 2.05) is 0 Å². The molecule has 160 valence electrons. The topological polar surface area (TPSA) is 102 Å². The number of likely N-dealkylation sites (N-methyl/N-ethyl adjacent to an activating group) is 1. The number of halogens is 2. The first-order chi connectivity index (χ1) is 12.4. The zero-order chi connectivity index (χ0) is 18.7. The lowest BCUT2D eigenvalue weighted by Gasteiger charge is -2.33. The van der Waals surface area contributed by atoms with Gasteiger partial charge in [-0.2, -0.15) is 4.31 Å². The second-order valence-electron chi connectivity index (χ2n) is 6.71. The normalized spacial score (nSPS) is 23.5. The quantitative estimate of drug-likeness (QED) is 0.599. The number of aliphatic hydroxyl groups is 1. The van der Waals surface area contributed by atoms with Crippen LogP contribution in [0.3, 0.4) is 0 Å². The maximum Gasteiger partial charge on any atom is 0.243 e.